The maximum atomic E-state index is 12.8. The van der Waals surface area contributed by atoms with E-state index in [1.165, 1.54) is 24.5 Å². The van der Waals surface area contributed by atoms with Crippen LogP contribution >= 0.6 is 11.6 Å². The Kier molecular flexibility index (Phi) is 7.39. The number of halogens is 1. The summed E-state index contributed by atoms with van der Waals surface area (Å²) in [5.41, 5.74) is 2.56. The molecular weight excluding hydrogens is 422 g/mol. The van der Waals surface area contributed by atoms with Crippen molar-refractivity contribution in [3.8, 4) is 0 Å². The third-order valence-corrected chi connectivity index (χ3v) is 6.69. The van der Waals surface area contributed by atoms with Crippen LogP contribution in [0.15, 0.2) is 48.5 Å². The number of carbonyl (C=O) groups excluding carboxylic acids is 1. The van der Waals surface area contributed by atoms with Crippen LogP contribution in [-0.4, -0.2) is 44.6 Å². The molecule has 0 spiro atoms. The first-order chi connectivity index (χ1) is 14.2. The van der Waals surface area contributed by atoms with Crippen LogP contribution in [0.4, 0.5) is 5.69 Å². The van der Waals surface area contributed by atoms with Gasteiger partial charge in [0, 0.05) is 18.1 Å². The topological polar surface area (TPSA) is 69.7 Å². The predicted octanol–water partition coefficient (Wildman–Crippen LogP) is 3.41. The summed E-state index contributed by atoms with van der Waals surface area (Å²) in [5.74, 6) is -0.370. The molecule has 2 aromatic carbocycles. The Morgan fingerprint density at radius 1 is 1.13 bits per heavy atom. The van der Waals surface area contributed by atoms with Gasteiger partial charge in [0.05, 0.1) is 11.9 Å². The first-order valence-electron chi connectivity index (χ1n) is 10.1. The standard InChI is InChI=1S/C22H28ClN3O3S/c1-17(26(30(2,28)29)21-10-6-9-20(23)14-21)22(27)24-15-18-7-5-8-19(13-18)16-25-11-3-4-12-25/h5-10,13-14,17H,3-4,11-12,15-16H2,1-2H3,(H,24,27)/t17-/m0/s1. The summed E-state index contributed by atoms with van der Waals surface area (Å²) in [5, 5.41) is 3.27. The van der Waals surface area contributed by atoms with E-state index in [9.17, 15) is 13.2 Å². The van der Waals surface area contributed by atoms with Gasteiger partial charge in [-0.2, -0.15) is 0 Å². The molecule has 1 aliphatic rings. The summed E-state index contributed by atoms with van der Waals surface area (Å²) in [6.07, 6.45) is 3.58. The van der Waals surface area contributed by atoms with Gasteiger partial charge in [0.25, 0.3) is 0 Å². The summed E-state index contributed by atoms with van der Waals surface area (Å²) >= 11 is 6.01. The highest BCUT2D eigenvalue weighted by Gasteiger charge is 2.29. The number of nitrogens with one attached hydrogen (secondary N) is 1. The summed E-state index contributed by atoms with van der Waals surface area (Å²) in [4.78, 5) is 15.2. The number of hydrogen-bond donors (Lipinski definition) is 1. The molecule has 1 saturated heterocycles. The minimum absolute atomic E-state index is 0.337. The molecule has 6 nitrogen and oxygen atoms in total. The molecule has 0 aliphatic carbocycles. The average Bonchev–Trinajstić information content (AvgIpc) is 3.18. The molecule has 1 aliphatic heterocycles. The molecule has 1 fully saturated rings. The van der Waals surface area contributed by atoms with Crippen molar-refractivity contribution in [1.29, 1.82) is 0 Å². The van der Waals surface area contributed by atoms with E-state index in [1.54, 1.807) is 25.1 Å². The summed E-state index contributed by atoms with van der Waals surface area (Å²) < 4.78 is 25.8. The normalized spacial score (nSPS) is 15.7. The summed E-state index contributed by atoms with van der Waals surface area (Å²) in [7, 11) is -3.67. The molecule has 1 amide bonds. The molecule has 1 atom stereocenters. The molecule has 0 aromatic heterocycles. The molecule has 162 valence electrons. The lowest BCUT2D eigenvalue weighted by Crippen LogP contribution is -2.47. The maximum absolute atomic E-state index is 12.8. The molecular formula is C22H28ClN3O3S. The zero-order valence-corrected chi connectivity index (χ0v) is 18.9. The first-order valence-corrected chi connectivity index (χ1v) is 12.3. The minimum atomic E-state index is -3.67. The van der Waals surface area contributed by atoms with Gasteiger partial charge in [-0.1, -0.05) is 41.9 Å². The van der Waals surface area contributed by atoms with Crippen LogP contribution in [0.2, 0.25) is 5.02 Å². The van der Waals surface area contributed by atoms with Crippen LogP contribution in [-0.2, 0) is 27.9 Å². The van der Waals surface area contributed by atoms with Crippen molar-refractivity contribution in [1.82, 2.24) is 10.2 Å². The second kappa shape index (κ2) is 9.81. The van der Waals surface area contributed by atoms with Crippen molar-refractivity contribution in [3.05, 3.63) is 64.7 Å². The van der Waals surface area contributed by atoms with Gasteiger partial charge in [-0.05, 0) is 62.2 Å². The van der Waals surface area contributed by atoms with Crippen molar-refractivity contribution in [3.63, 3.8) is 0 Å². The Labute approximate surface area is 183 Å². The number of amides is 1. The van der Waals surface area contributed by atoms with E-state index in [2.05, 4.69) is 22.3 Å². The molecule has 1 N–H and O–H groups in total. The molecule has 0 bridgehead atoms. The summed E-state index contributed by atoms with van der Waals surface area (Å²) in [6, 6.07) is 13.7. The smallest absolute Gasteiger partial charge is 0.243 e. The van der Waals surface area contributed by atoms with Gasteiger partial charge >= 0.3 is 0 Å². The van der Waals surface area contributed by atoms with Gasteiger partial charge < -0.3 is 5.32 Å². The minimum Gasteiger partial charge on any atom is -0.350 e. The van der Waals surface area contributed by atoms with Gasteiger partial charge in [0.2, 0.25) is 15.9 Å². The van der Waals surface area contributed by atoms with Crippen molar-refractivity contribution < 1.29 is 13.2 Å². The molecule has 30 heavy (non-hydrogen) atoms. The number of rotatable bonds is 8. The number of hydrogen-bond acceptors (Lipinski definition) is 4. The largest absolute Gasteiger partial charge is 0.350 e. The van der Waals surface area contributed by atoms with E-state index in [0.29, 0.717) is 17.3 Å². The molecule has 0 unspecified atom stereocenters. The van der Waals surface area contributed by atoms with Gasteiger partial charge in [-0.25, -0.2) is 8.42 Å². The predicted molar refractivity (Wildman–Crippen MR) is 121 cm³/mol. The van der Waals surface area contributed by atoms with E-state index in [1.807, 2.05) is 12.1 Å². The molecule has 0 saturated carbocycles. The van der Waals surface area contributed by atoms with Crippen LogP contribution in [0.25, 0.3) is 0 Å². The van der Waals surface area contributed by atoms with E-state index < -0.39 is 16.1 Å². The van der Waals surface area contributed by atoms with Crippen molar-refractivity contribution >= 4 is 33.2 Å². The highest BCUT2D eigenvalue weighted by molar-refractivity contribution is 7.92. The second-order valence-corrected chi connectivity index (χ2v) is 10.0. The Bertz CT molecular complexity index is 991. The fraction of sp³-hybridized carbons (Fsp3) is 0.409. The van der Waals surface area contributed by atoms with Crippen molar-refractivity contribution in [2.24, 2.45) is 0 Å². The second-order valence-electron chi connectivity index (χ2n) is 7.74. The van der Waals surface area contributed by atoms with Crippen LogP contribution in [0.3, 0.4) is 0 Å². The van der Waals surface area contributed by atoms with Crippen molar-refractivity contribution in [2.75, 3.05) is 23.7 Å². The number of benzene rings is 2. The summed E-state index contributed by atoms with van der Waals surface area (Å²) in [6.45, 7) is 5.08. The van der Waals surface area contributed by atoms with Crippen LogP contribution in [0.1, 0.15) is 30.9 Å². The lowest BCUT2D eigenvalue weighted by Gasteiger charge is -2.28. The molecule has 8 heteroatoms. The Balaban J connectivity index is 1.67. The fourth-order valence-corrected chi connectivity index (χ4v) is 5.15. The Morgan fingerprint density at radius 2 is 1.80 bits per heavy atom. The zero-order chi connectivity index (χ0) is 21.7. The number of carbonyl (C=O) groups is 1. The Hall–Kier alpha value is -2.09. The maximum Gasteiger partial charge on any atom is 0.243 e. The lowest BCUT2D eigenvalue weighted by molar-refractivity contribution is -0.122. The van der Waals surface area contributed by atoms with Gasteiger partial charge in [0.1, 0.15) is 6.04 Å². The molecule has 2 aromatic rings. The first kappa shape index (κ1) is 22.6. The number of likely N-dealkylation sites (tertiary alicyclic amines) is 1. The van der Waals surface area contributed by atoms with Crippen LogP contribution in [0.5, 0.6) is 0 Å². The molecule has 3 rings (SSSR count). The zero-order valence-electron chi connectivity index (χ0n) is 17.3. The third kappa shape index (κ3) is 5.97. The Morgan fingerprint density at radius 3 is 2.47 bits per heavy atom. The van der Waals surface area contributed by atoms with Crippen LogP contribution in [0, 0.1) is 0 Å². The van der Waals surface area contributed by atoms with E-state index in [4.69, 9.17) is 11.6 Å². The highest BCUT2D eigenvalue weighted by atomic mass is 35.5. The number of anilines is 1. The molecule has 0 radical (unpaired) electrons. The van der Waals surface area contributed by atoms with Crippen molar-refractivity contribution in [2.45, 2.75) is 38.9 Å². The van der Waals surface area contributed by atoms with E-state index in [0.717, 1.165) is 35.8 Å². The fourth-order valence-electron chi connectivity index (χ4n) is 3.80. The lowest BCUT2D eigenvalue weighted by atomic mass is 10.1. The number of sulfonamides is 1. The van der Waals surface area contributed by atoms with E-state index in [-0.39, 0.29) is 5.91 Å². The van der Waals surface area contributed by atoms with Gasteiger partial charge in [-0.15, -0.1) is 0 Å². The third-order valence-electron chi connectivity index (χ3n) is 5.21. The van der Waals surface area contributed by atoms with Gasteiger partial charge in [-0.3, -0.25) is 14.0 Å². The molecule has 1 heterocycles. The van der Waals surface area contributed by atoms with Gasteiger partial charge in [0.15, 0.2) is 0 Å². The average molecular weight is 450 g/mol. The number of nitrogens with zero attached hydrogens (tertiary/aromatic N) is 2. The van der Waals surface area contributed by atoms with E-state index >= 15 is 0 Å². The van der Waals surface area contributed by atoms with Crippen LogP contribution < -0.4 is 9.62 Å². The quantitative estimate of drug-likeness (QED) is 0.670. The highest BCUT2D eigenvalue weighted by Crippen LogP contribution is 2.24. The SMILES string of the molecule is C[C@@H](C(=O)NCc1cccc(CN2CCCC2)c1)N(c1cccc(Cl)c1)S(C)(=O)=O. The monoisotopic (exact) mass is 449 g/mol.